The van der Waals surface area contributed by atoms with Crippen LogP contribution in [0.25, 0.3) is 0 Å². The molecule has 0 atom stereocenters. The molecular weight excluding hydrogens is 531 g/mol. The summed E-state index contributed by atoms with van der Waals surface area (Å²) in [5.74, 6) is 2.45. The molecule has 0 radical (unpaired) electrons. The van der Waals surface area contributed by atoms with E-state index in [1.165, 1.54) is 11.1 Å². The van der Waals surface area contributed by atoms with Crippen molar-refractivity contribution >= 4 is 35.8 Å². The average Bonchev–Trinajstić information content (AvgIpc) is 2.83. The Morgan fingerprint density at radius 3 is 2.42 bits per heavy atom. The molecule has 7 nitrogen and oxygen atoms in total. The van der Waals surface area contributed by atoms with Gasteiger partial charge in [-0.15, -0.1) is 24.0 Å². The maximum atomic E-state index is 12.8. The van der Waals surface area contributed by atoms with Crippen LogP contribution in [0.3, 0.4) is 0 Å². The average molecular weight is 566 g/mol. The summed E-state index contributed by atoms with van der Waals surface area (Å²) in [5, 5.41) is 3.37. The van der Waals surface area contributed by atoms with Crippen LogP contribution in [0.4, 0.5) is 0 Å². The van der Waals surface area contributed by atoms with Crippen LogP contribution in [0.2, 0.25) is 0 Å². The van der Waals surface area contributed by atoms with E-state index in [0.29, 0.717) is 25.3 Å². The minimum Gasteiger partial charge on any atom is -0.493 e. The van der Waals surface area contributed by atoms with Gasteiger partial charge in [-0.1, -0.05) is 30.3 Å². The van der Waals surface area contributed by atoms with Crippen molar-refractivity contribution in [3.05, 3.63) is 59.2 Å². The Kier molecular flexibility index (Phi) is 10.8. The van der Waals surface area contributed by atoms with Gasteiger partial charge in [0.25, 0.3) is 0 Å². The van der Waals surface area contributed by atoms with Gasteiger partial charge in [-0.2, -0.15) is 0 Å². The lowest BCUT2D eigenvalue weighted by molar-refractivity contribution is -0.132. The van der Waals surface area contributed by atoms with Crippen LogP contribution in [-0.2, 0) is 24.3 Å². The Balaban J connectivity index is 0.00000385. The van der Waals surface area contributed by atoms with Gasteiger partial charge in [0, 0.05) is 46.7 Å². The first-order valence-electron chi connectivity index (χ1n) is 11.0. The molecule has 0 saturated carbocycles. The second kappa shape index (κ2) is 13.3. The first-order chi connectivity index (χ1) is 15.5. The number of nitrogens with zero attached hydrogens (tertiary/aromatic N) is 3. The zero-order valence-corrected chi connectivity index (χ0v) is 22.3. The first-order valence-corrected chi connectivity index (χ1v) is 11.0. The molecule has 1 aliphatic rings. The molecule has 1 N–H and O–H groups in total. The topological polar surface area (TPSA) is 66.4 Å². The summed E-state index contributed by atoms with van der Waals surface area (Å²) in [4.78, 5) is 21.2. The summed E-state index contributed by atoms with van der Waals surface area (Å²) >= 11 is 0. The molecule has 0 spiro atoms. The molecule has 3 rings (SSSR count). The second-order valence-corrected chi connectivity index (χ2v) is 7.96. The molecule has 0 unspecified atom stereocenters. The standard InChI is InChI=1S/C25H34N4O3.HI/c1-26-25(28(2)17-19-9-6-5-7-10-19)27-13-8-11-24(30)29-14-12-20-15-22(31-3)23(32-4)16-21(20)18-29;/h5-7,9-10,15-16H,8,11-14,17-18H2,1-4H3,(H,26,27);1H. The summed E-state index contributed by atoms with van der Waals surface area (Å²) in [6.45, 7) is 2.83. The van der Waals surface area contributed by atoms with Gasteiger partial charge in [-0.05, 0) is 41.7 Å². The van der Waals surface area contributed by atoms with Gasteiger partial charge in [0.1, 0.15) is 0 Å². The lowest BCUT2D eigenvalue weighted by Gasteiger charge is -2.30. The Hall–Kier alpha value is -2.49. The Bertz CT molecular complexity index is 937. The van der Waals surface area contributed by atoms with Gasteiger partial charge in [-0.3, -0.25) is 9.79 Å². The number of methoxy groups -OCH3 is 2. The normalized spacial score (nSPS) is 13.0. The molecule has 180 valence electrons. The summed E-state index contributed by atoms with van der Waals surface area (Å²) in [7, 11) is 7.07. The predicted molar refractivity (Wildman–Crippen MR) is 143 cm³/mol. The number of carbonyl (C=O) groups is 1. The molecule has 33 heavy (non-hydrogen) atoms. The van der Waals surface area contributed by atoms with E-state index in [0.717, 1.165) is 43.2 Å². The molecule has 2 aromatic rings. The quantitative estimate of drug-likeness (QED) is 0.229. The Morgan fingerprint density at radius 2 is 1.79 bits per heavy atom. The molecule has 1 amide bonds. The zero-order valence-electron chi connectivity index (χ0n) is 20.0. The minimum absolute atomic E-state index is 0. The first kappa shape index (κ1) is 26.8. The van der Waals surface area contributed by atoms with Crippen LogP contribution >= 0.6 is 24.0 Å². The molecule has 0 saturated heterocycles. The van der Waals surface area contributed by atoms with Crippen LogP contribution in [-0.4, -0.2) is 63.1 Å². The third kappa shape index (κ3) is 7.25. The SMILES string of the molecule is CN=C(NCCCC(=O)N1CCc2cc(OC)c(OC)cc2C1)N(C)Cc1ccccc1.I. The monoisotopic (exact) mass is 566 g/mol. The molecule has 0 aliphatic carbocycles. The zero-order chi connectivity index (χ0) is 22.9. The number of ether oxygens (including phenoxy) is 2. The second-order valence-electron chi connectivity index (χ2n) is 7.96. The number of fused-ring (bicyclic) bond motifs is 1. The minimum atomic E-state index is 0. The number of hydrogen-bond acceptors (Lipinski definition) is 4. The number of nitrogens with one attached hydrogen (secondary N) is 1. The Labute approximate surface area is 214 Å². The molecule has 0 bridgehead atoms. The van der Waals surface area contributed by atoms with Crippen molar-refractivity contribution in [1.82, 2.24) is 15.1 Å². The van der Waals surface area contributed by atoms with Crippen molar-refractivity contribution in [3.8, 4) is 11.5 Å². The highest BCUT2D eigenvalue weighted by molar-refractivity contribution is 14.0. The van der Waals surface area contributed by atoms with E-state index < -0.39 is 0 Å². The van der Waals surface area contributed by atoms with E-state index in [1.54, 1.807) is 21.3 Å². The van der Waals surface area contributed by atoms with Crippen molar-refractivity contribution in [2.45, 2.75) is 32.4 Å². The van der Waals surface area contributed by atoms with Gasteiger partial charge in [0.05, 0.1) is 14.2 Å². The molecule has 8 heteroatoms. The van der Waals surface area contributed by atoms with Crippen molar-refractivity contribution in [2.24, 2.45) is 4.99 Å². The fourth-order valence-electron chi connectivity index (χ4n) is 4.01. The summed E-state index contributed by atoms with van der Waals surface area (Å²) < 4.78 is 10.8. The van der Waals surface area contributed by atoms with Crippen LogP contribution in [0.15, 0.2) is 47.5 Å². The van der Waals surface area contributed by atoms with E-state index in [-0.39, 0.29) is 29.9 Å². The van der Waals surface area contributed by atoms with E-state index in [9.17, 15) is 4.79 Å². The van der Waals surface area contributed by atoms with Crippen molar-refractivity contribution in [3.63, 3.8) is 0 Å². The highest BCUT2D eigenvalue weighted by Crippen LogP contribution is 2.33. The number of rotatable bonds is 8. The number of carbonyl (C=O) groups excluding carboxylic acids is 1. The van der Waals surface area contributed by atoms with Gasteiger partial charge in [-0.25, -0.2) is 0 Å². The maximum Gasteiger partial charge on any atom is 0.222 e. The molecular formula is C25H35IN4O3. The fraction of sp³-hybridized carbons (Fsp3) is 0.440. The van der Waals surface area contributed by atoms with Crippen molar-refractivity contribution in [2.75, 3.05) is 41.4 Å². The lowest BCUT2D eigenvalue weighted by Crippen LogP contribution is -2.39. The van der Waals surface area contributed by atoms with Gasteiger partial charge in [0.15, 0.2) is 17.5 Å². The molecule has 0 aromatic heterocycles. The smallest absolute Gasteiger partial charge is 0.222 e. The number of benzene rings is 2. The van der Waals surface area contributed by atoms with Crippen LogP contribution in [0.1, 0.15) is 29.5 Å². The number of guanidine groups is 1. The van der Waals surface area contributed by atoms with Crippen LogP contribution in [0, 0.1) is 0 Å². The van der Waals surface area contributed by atoms with Gasteiger partial charge >= 0.3 is 0 Å². The summed E-state index contributed by atoms with van der Waals surface area (Å²) in [6.07, 6.45) is 2.10. The van der Waals surface area contributed by atoms with Crippen molar-refractivity contribution < 1.29 is 14.3 Å². The summed E-state index contributed by atoms with van der Waals surface area (Å²) in [6, 6.07) is 14.3. The molecule has 1 heterocycles. The van der Waals surface area contributed by atoms with Crippen LogP contribution < -0.4 is 14.8 Å². The van der Waals surface area contributed by atoms with Crippen molar-refractivity contribution in [1.29, 1.82) is 0 Å². The number of amides is 1. The predicted octanol–water partition coefficient (Wildman–Crippen LogP) is 3.69. The van der Waals surface area contributed by atoms with E-state index in [4.69, 9.17) is 9.47 Å². The van der Waals surface area contributed by atoms with Gasteiger partial charge < -0.3 is 24.6 Å². The Morgan fingerprint density at radius 1 is 1.12 bits per heavy atom. The van der Waals surface area contributed by atoms with Gasteiger partial charge in [0.2, 0.25) is 5.91 Å². The lowest BCUT2D eigenvalue weighted by atomic mass is 9.98. The van der Waals surface area contributed by atoms with E-state index in [1.807, 2.05) is 42.3 Å². The highest BCUT2D eigenvalue weighted by Gasteiger charge is 2.22. The largest absolute Gasteiger partial charge is 0.493 e. The summed E-state index contributed by atoms with van der Waals surface area (Å²) in [5.41, 5.74) is 3.58. The molecule has 0 fully saturated rings. The van der Waals surface area contributed by atoms with E-state index in [2.05, 4.69) is 27.3 Å². The number of halogens is 1. The number of aliphatic imine (C=N–C) groups is 1. The number of hydrogen-bond donors (Lipinski definition) is 1. The molecule has 2 aromatic carbocycles. The third-order valence-corrected chi connectivity index (χ3v) is 5.76. The van der Waals surface area contributed by atoms with Crippen LogP contribution in [0.5, 0.6) is 11.5 Å². The van der Waals surface area contributed by atoms with E-state index >= 15 is 0 Å². The highest BCUT2D eigenvalue weighted by atomic mass is 127. The molecule has 1 aliphatic heterocycles. The maximum absolute atomic E-state index is 12.8. The fourth-order valence-corrected chi connectivity index (χ4v) is 4.01. The third-order valence-electron chi connectivity index (χ3n) is 5.76.